The second-order valence-corrected chi connectivity index (χ2v) is 8.52. The van der Waals surface area contributed by atoms with Gasteiger partial charge in [-0.3, -0.25) is 9.78 Å². The van der Waals surface area contributed by atoms with Crippen LogP contribution in [0.15, 0.2) is 42.9 Å². The Balaban J connectivity index is 1.63. The van der Waals surface area contributed by atoms with Crippen LogP contribution in [0, 0.1) is 17.6 Å². The molecule has 2 heterocycles. The number of carbonyl (C=O) groups is 1. The van der Waals surface area contributed by atoms with Crippen molar-refractivity contribution in [1.29, 1.82) is 0 Å². The van der Waals surface area contributed by atoms with Crippen molar-refractivity contribution >= 4 is 17.3 Å². The fraction of sp³-hybridized carbons (Fsp3) is 0.333. The zero-order chi connectivity index (χ0) is 24.4. The number of aromatic nitrogens is 3. The molecule has 0 unspecified atom stereocenters. The molecule has 3 aromatic rings. The van der Waals surface area contributed by atoms with Crippen LogP contribution in [0.4, 0.5) is 20.2 Å². The smallest absolute Gasteiger partial charge is 0.276 e. The molecule has 0 radical (unpaired) electrons. The summed E-state index contributed by atoms with van der Waals surface area (Å²) in [5, 5.41) is 2.80. The van der Waals surface area contributed by atoms with E-state index in [0.29, 0.717) is 12.1 Å². The standard InChI is InChI=1S/C24H26F2N6O2/c1-12-8-13(9-17(27)22(12)34-2)14-6-7-29-11-19(14)31-24(33)21-18(28)10-30-23(32-21)20-15(25)4-3-5-16(20)26/h3-7,10-13,17,22H,8-9,27-28H2,1-2H3,(H,31,33)/t12-,13+,17+,22+/m0/s1. The molecule has 5 N–H and O–H groups in total. The minimum Gasteiger partial charge on any atom is -0.396 e. The van der Waals surface area contributed by atoms with Crippen LogP contribution in [0.2, 0.25) is 0 Å². The molecule has 0 aliphatic heterocycles. The van der Waals surface area contributed by atoms with Crippen LogP contribution in [0.25, 0.3) is 11.4 Å². The van der Waals surface area contributed by atoms with E-state index in [1.807, 2.05) is 6.07 Å². The molecule has 1 aliphatic carbocycles. The quantitative estimate of drug-likeness (QED) is 0.523. The first-order valence-corrected chi connectivity index (χ1v) is 10.9. The number of benzene rings is 1. The van der Waals surface area contributed by atoms with Gasteiger partial charge in [0, 0.05) is 19.3 Å². The Morgan fingerprint density at radius 3 is 2.59 bits per heavy atom. The number of nitrogens with zero attached hydrogens (tertiary/aromatic N) is 3. The molecule has 1 aromatic carbocycles. The predicted molar refractivity (Wildman–Crippen MR) is 124 cm³/mol. The predicted octanol–water partition coefficient (Wildman–Crippen LogP) is 3.51. The zero-order valence-electron chi connectivity index (χ0n) is 18.8. The topological polar surface area (TPSA) is 129 Å². The van der Waals surface area contributed by atoms with Gasteiger partial charge in [-0.25, -0.2) is 18.7 Å². The van der Waals surface area contributed by atoms with Crippen LogP contribution >= 0.6 is 0 Å². The van der Waals surface area contributed by atoms with E-state index in [1.165, 1.54) is 6.07 Å². The van der Waals surface area contributed by atoms with Crippen molar-refractivity contribution in [2.45, 2.75) is 37.8 Å². The maximum absolute atomic E-state index is 14.2. The maximum Gasteiger partial charge on any atom is 0.276 e. The van der Waals surface area contributed by atoms with Crippen LogP contribution in [0.5, 0.6) is 0 Å². The fourth-order valence-electron chi connectivity index (χ4n) is 4.68. The van der Waals surface area contributed by atoms with E-state index in [4.69, 9.17) is 16.2 Å². The van der Waals surface area contributed by atoms with Gasteiger partial charge in [-0.15, -0.1) is 0 Å². The Morgan fingerprint density at radius 1 is 1.18 bits per heavy atom. The Bertz CT molecular complexity index is 1180. The number of carbonyl (C=O) groups excluding carboxylic acids is 1. The van der Waals surface area contributed by atoms with Crippen molar-refractivity contribution in [1.82, 2.24) is 15.0 Å². The first-order valence-electron chi connectivity index (χ1n) is 10.9. The first kappa shape index (κ1) is 23.7. The summed E-state index contributed by atoms with van der Waals surface area (Å²) in [6.07, 6.45) is 5.82. The van der Waals surface area contributed by atoms with Crippen LogP contribution in [0.3, 0.4) is 0 Å². The normalized spacial score (nSPS) is 22.4. The summed E-state index contributed by atoms with van der Waals surface area (Å²) in [5.41, 5.74) is 13.0. The molecule has 4 rings (SSSR count). The van der Waals surface area contributed by atoms with Crippen molar-refractivity contribution < 1.29 is 18.3 Å². The average Bonchev–Trinajstić information content (AvgIpc) is 2.80. The third-order valence-corrected chi connectivity index (χ3v) is 6.23. The number of pyridine rings is 1. The Morgan fingerprint density at radius 2 is 1.91 bits per heavy atom. The molecule has 2 aromatic heterocycles. The number of rotatable bonds is 5. The zero-order valence-corrected chi connectivity index (χ0v) is 18.8. The number of nitrogens with two attached hydrogens (primary N) is 2. The Labute approximate surface area is 195 Å². The van der Waals surface area contributed by atoms with E-state index in [0.717, 1.165) is 30.3 Å². The monoisotopic (exact) mass is 468 g/mol. The van der Waals surface area contributed by atoms with Gasteiger partial charge in [0.15, 0.2) is 11.5 Å². The average molecular weight is 469 g/mol. The second-order valence-electron chi connectivity index (χ2n) is 8.52. The Hall–Kier alpha value is -3.50. The van der Waals surface area contributed by atoms with E-state index in [2.05, 4.69) is 27.2 Å². The summed E-state index contributed by atoms with van der Waals surface area (Å²) < 4.78 is 34.0. The summed E-state index contributed by atoms with van der Waals surface area (Å²) >= 11 is 0. The second kappa shape index (κ2) is 9.78. The molecular weight excluding hydrogens is 442 g/mol. The summed E-state index contributed by atoms with van der Waals surface area (Å²) in [4.78, 5) is 25.2. The van der Waals surface area contributed by atoms with Crippen molar-refractivity contribution in [2.24, 2.45) is 11.7 Å². The van der Waals surface area contributed by atoms with Gasteiger partial charge in [0.2, 0.25) is 0 Å². The maximum atomic E-state index is 14.2. The van der Waals surface area contributed by atoms with Gasteiger partial charge in [0.1, 0.15) is 11.6 Å². The lowest BCUT2D eigenvalue weighted by atomic mass is 9.74. The minimum absolute atomic E-state index is 0.0281. The van der Waals surface area contributed by atoms with E-state index in [9.17, 15) is 13.6 Å². The van der Waals surface area contributed by atoms with Crippen molar-refractivity contribution in [3.05, 3.63) is 65.7 Å². The summed E-state index contributed by atoms with van der Waals surface area (Å²) in [7, 11) is 1.66. The molecule has 34 heavy (non-hydrogen) atoms. The molecule has 1 amide bonds. The van der Waals surface area contributed by atoms with Gasteiger partial charge in [0.05, 0.1) is 35.4 Å². The molecule has 0 saturated heterocycles. The van der Waals surface area contributed by atoms with Crippen LogP contribution < -0.4 is 16.8 Å². The van der Waals surface area contributed by atoms with Gasteiger partial charge < -0.3 is 21.5 Å². The molecule has 0 bridgehead atoms. The van der Waals surface area contributed by atoms with Crippen LogP contribution in [-0.2, 0) is 4.74 Å². The lowest BCUT2D eigenvalue weighted by molar-refractivity contribution is 0.00983. The van der Waals surface area contributed by atoms with Crippen molar-refractivity contribution in [3.8, 4) is 11.4 Å². The Kier molecular flexibility index (Phi) is 6.80. The molecule has 1 fully saturated rings. The number of hydrogen-bond acceptors (Lipinski definition) is 7. The highest BCUT2D eigenvalue weighted by Gasteiger charge is 2.35. The molecule has 10 heteroatoms. The fourth-order valence-corrected chi connectivity index (χ4v) is 4.68. The third-order valence-electron chi connectivity index (χ3n) is 6.23. The van der Waals surface area contributed by atoms with Gasteiger partial charge >= 0.3 is 0 Å². The lowest BCUT2D eigenvalue weighted by Gasteiger charge is -2.38. The number of anilines is 2. The number of halogens is 2. The van der Waals surface area contributed by atoms with Gasteiger partial charge in [0.25, 0.3) is 5.91 Å². The molecular formula is C24H26F2N6O2. The van der Waals surface area contributed by atoms with Gasteiger partial charge in [-0.05, 0) is 48.4 Å². The van der Waals surface area contributed by atoms with E-state index >= 15 is 0 Å². The van der Waals surface area contributed by atoms with Crippen LogP contribution in [-0.4, -0.2) is 40.1 Å². The van der Waals surface area contributed by atoms with Gasteiger partial charge in [-0.1, -0.05) is 13.0 Å². The largest absolute Gasteiger partial charge is 0.396 e. The molecule has 1 aliphatic rings. The number of ether oxygens (including phenoxy) is 1. The van der Waals surface area contributed by atoms with Crippen molar-refractivity contribution in [2.75, 3.05) is 18.2 Å². The molecule has 1 saturated carbocycles. The van der Waals surface area contributed by atoms with Gasteiger partial charge in [-0.2, -0.15) is 0 Å². The number of nitrogen functional groups attached to an aromatic ring is 1. The van der Waals surface area contributed by atoms with E-state index in [1.54, 1.807) is 19.5 Å². The highest BCUT2D eigenvalue weighted by atomic mass is 19.1. The molecule has 4 atom stereocenters. The minimum atomic E-state index is -0.845. The summed E-state index contributed by atoms with van der Waals surface area (Å²) in [6, 6.07) is 5.10. The lowest BCUT2D eigenvalue weighted by Crippen LogP contribution is -2.45. The van der Waals surface area contributed by atoms with E-state index < -0.39 is 23.1 Å². The summed E-state index contributed by atoms with van der Waals surface area (Å²) in [6.45, 7) is 2.09. The highest BCUT2D eigenvalue weighted by molar-refractivity contribution is 6.06. The van der Waals surface area contributed by atoms with E-state index in [-0.39, 0.29) is 41.2 Å². The summed E-state index contributed by atoms with van der Waals surface area (Å²) in [5.74, 6) is -2.30. The molecule has 8 nitrogen and oxygen atoms in total. The molecule has 0 spiro atoms. The van der Waals surface area contributed by atoms with Crippen LogP contribution in [0.1, 0.15) is 41.7 Å². The number of amides is 1. The first-order chi connectivity index (χ1) is 16.3. The number of methoxy groups -OCH3 is 1. The molecule has 178 valence electrons. The van der Waals surface area contributed by atoms with Crippen molar-refractivity contribution in [3.63, 3.8) is 0 Å². The highest BCUT2D eigenvalue weighted by Crippen LogP contribution is 2.39. The third kappa shape index (κ3) is 4.59. The number of hydrogen-bond donors (Lipinski definition) is 3. The number of nitrogens with one attached hydrogen (secondary N) is 1. The SMILES string of the molecule is CO[C@H]1[C@H](N)C[C@H](c2ccncc2NC(=O)c2nc(-c3c(F)cccc3F)ncc2N)C[C@@H]1C.